The van der Waals surface area contributed by atoms with E-state index in [0.29, 0.717) is 24.2 Å². The molecule has 2 heterocycles. The van der Waals surface area contributed by atoms with Gasteiger partial charge in [-0.15, -0.1) is 0 Å². The number of benzene rings is 2. The molecule has 0 atom stereocenters. The van der Waals surface area contributed by atoms with Crippen LogP contribution in [0.2, 0.25) is 0 Å². The molecule has 0 radical (unpaired) electrons. The molecule has 4 rings (SSSR count). The van der Waals surface area contributed by atoms with E-state index in [4.69, 9.17) is 0 Å². The molecule has 0 aliphatic carbocycles. The molecule has 136 valence electrons. The van der Waals surface area contributed by atoms with Crippen LogP contribution in [0.15, 0.2) is 47.4 Å². The Kier molecular flexibility index (Phi) is 4.32. The molecule has 0 unspecified atom stereocenters. The molecule has 0 spiro atoms. The minimum Gasteiger partial charge on any atom is -0.372 e. The third kappa shape index (κ3) is 3.39. The Labute approximate surface area is 153 Å². The summed E-state index contributed by atoms with van der Waals surface area (Å²) in [6.07, 6.45) is 3.33. The quantitative estimate of drug-likeness (QED) is 0.866. The summed E-state index contributed by atoms with van der Waals surface area (Å²) in [5, 5.41) is 2.76. The second-order valence-electron chi connectivity index (χ2n) is 6.71. The molecule has 2 aliphatic rings. The molecule has 26 heavy (non-hydrogen) atoms. The number of carbonyl (C=O) groups is 1. The summed E-state index contributed by atoms with van der Waals surface area (Å²) >= 11 is 0. The van der Waals surface area contributed by atoms with Gasteiger partial charge in [-0.3, -0.25) is 9.52 Å². The summed E-state index contributed by atoms with van der Waals surface area (Å²) in [5.74, 6) is -0.0377. The second-order valence-corrected chi connectivity index (χ2v) is 8.40. The van der Waals surface area contributed by atoms with E-state index in [-0.39, 0.29) is 10.8 Å². The van der Waals surface area contributed by atoms with E-state index in [1.54, 1.807) is 24.3 Å². The van der Waals surface area contributed by atoms with Crippen LogP contribution in [0, 0.1) is 0 Å². The smallest absolute Gasteiger partial charge is 0.261 e. The van der Waals surface area contributed by atoms with Crippen molar-refractivity contribution < 1.29 is 13.2 Å². The highest BCUT2D eigenvalue weighted by Gasteiger charge is 2.20. The van der Waals surface area contributed by atoms with Gasteiger partial charge in [0.2, 0.25) is 5.91 Å². The van der Waals surface area contributed by atoms with Crippen LogP contribution in [0.3, 0.4) is 0 Å². The third-order valence-corrected chi connectivity index (χ3v) is 6.25. The summed E-state index contributed by atoms with van der Waals surface area (Å²) in [4.78, 5) is 13.9. The largest absolute Gasteiger partial charge is 0.372 e. The first-order valence-electron chi connectivity index (χ1n) is 8.82. The number of anilines is 3. The molecular weight excluding hydrogens is 350 g/mol. The lowest BCUT2D eigenvalue weighted by Crippen LogP contribution is -2.20. The molecule has 2 N–H and O–H groups in total. The number of aryl methyl sites for hydroxylation is 1. The number of rotatable bonds is 4. The average molecular weight is 371 g/mol. The van der Waals surface area contributed by atoms with E-state index in [1.165, 1.54) is 18.9 Å². The van der Waals surface area contributed by atoms with Crippen molar-refractivity contribution in [1.29, 1.82) is 0 Å². The van der Waals surface area contributed by atoms with E-state index in [2.05, 4.69) is 14.9 Å². The molecule has 7 heteroatoms. The van der Waals surface area contributed by atoms with Gasteiger partial charge in [0.15, 0.2) is 0 Å². The van der Waals surface area contributed by atoms with E-state index in [1.807, 2.05) is 12.1 Å². The lowest BCUT2D eigenvalue weighted by Gasteiger charge is -2.19. The Hall–Kier alpha value is -2.54. The molecule has 1 amide bonds. The number of fused-ring (bicyclic) bond motifs is 1. The Bertz CT molecular complexity index is 933. The van der Waals surface area contributed by atoms with Gasteiger partial charge in [0.05, 0.1) is 4.90 Å². The van der Waals surface area contributed by atoms with E-state index >= 15 is 0 Å². The molecule has 2 aromatic carbocycles. The van der Waals surface area contributed by atoms with Gasteiger partial charge in [0, 0.05) is 36.6 Å². The highest BCUT2D eigenvalue weighted by atomic mass is 32.2. The van der Waals surface area contributed by atoms with E-state index in [9.17, 15) is 13.2 Å². The van der Waals surface area contributed by atoms with Crippen molar-refractivity contribution in [2.75, 3.05) is 28.0 Å². The van der Waals surface area contributed by atoms with E-state index in [0.717, 1.165) is 24.3 Å². The zero-order valence-electron chi connectivity index (χ0n) is 14.4. The van der Waals surface area contributed by atoms with Gasteiger partial charge < -0.3 is 10.2 Å². The first kappa shape index (κ1) is 16.9. The minimum atomic E-state index is -3.67. The summed E-state index contributed by atoms with van der Waals surface area (Å²) < 4.78 is 28.0. The molecule has 0 aromatic heterocycles. The van der Waals surface area contributed by atoms with Crippen molar-refractivity contribution in [1.82, 2.24) is 0 Å². The van der Waals surface area contributed by atoms with Crippen molar-refractivity contribution in [2.45, 2.75) is 30.6 Å². The molecule has 6 nitrogen and oxygen atoms in total. The highest BCUT2D eigenvalue weighted by molar-refractivity contribution is 7.92. The van der Waals surface area contributed by atoms with Gasteiger partial charge in [-0.05, 0) is 67.3 Å². The van der Waals surface area contributed by atoms with Crippen LogP contribution in [-0.2, 0) is 21.2 Å². The topological polar surface area (TPSA) is 78.5 Å². The molecule has 1 fully saturated rings. The minimum absolute atomic E-state index is 0.0377. The summed E-state index contributed by atoms with van der Waals surface area (Å²) in [6.45, 7) is 2.10. The molecule has 0 saturated carbocycles. The first-order valence-corrected chi connectivity index (χ1v) is 10.3. The number of sulfonamides is 1. The normalized spacial score (nSPS) is 16.9. The second kappa shape index (κ2) is 6.64. The maximum Gasteiger partial charge on any atom is 0.261 e. The van der Waals surface area contributed by atoms with Gasteiger partial charge >= 0.3 is 0 Å². The average Bonchev–Trinajstić information content (AvgIpc) is 3.16. The van der Waals surface area contributed by atoms with Gasteiger partial charge in [0.1, 0.15) is 0 Å². The van der Waals surface area contributed by atoms with Crippen molar-refractivity contribution in [2.24, 2.45) is 0 Å². The Balaban J connectivity index is 1.52. The number of carbonyl (C=O) groups excluding carboxylic acids is 1. The van der Waals surface area contributed by atoms with Crippen molar-refractivity contribution >= 4 is 33.0 Å². The predicted octanol–water partition coefficient (Wildman–Crippen LogP) is 2.97. The van der Waals surface area contributed by atoms with Gasteiger partial charge in [-0.25, -0.2) is 8.42 Å². The van der Waals surface area contributed by atoms with Crippen LogP contribution in [0.25, 0.3) is 0 Å². The summed E-state index contributed by atoms with van der Waals surface area (Å²) in [7, 11) is -3.67. The third-order valence-electron chi connectivity index (χ3n) is 4.87. The fraction of sp³-hybridized carbons (Fsp3) is 0.316. The Morgan fingerprint density at radius 1 is 0.962 bits per heavy atom. The van der Waals surface area contributed by atoms with Crippen LogP contribution in [0.4, 0.5) is 17.1 Å². The molecule has 2 aliphatic heterocycles. The maximum atomic E-state index is 12.7. The van der Waals surface area contributed by atoms with Crippen LogP contribution < -0.4 is 14.9 Å². The van der Waals surface area contributed by atoms with Crippen LogP contribution in [0.1, 0.15) is 24.8 Å². The van der Waals surface area contributed by atoms with Crippen molar-refractivity contribution in [3.63, 3.8) is 0 Å². The standard InChI is InChI=1S/C19H21N3O3S/c23-19-10-3-14-13-17(8-9-18(14)20-19)26(24,25)21-15-4-6-16(7-5-15)22-11-1-2-12-22/h4-9,13,21H,1-3,10-12H2,(H,20,23). The van der Waals surface area contributed by atoms with Crippen LogP contribution in [-0.4, -0.2) is 27.4 Å². The first-order chi connectivity index (χ1) is 12.5. The summed E-state index contributed by atoms with van der Waals surface area (Å²) in [5.41, 5.74) is 3.20. The van der Waals surface area contributed by atoms with Crippen LogP contribution >= 0.6 is 0 Å². The summed E-state index contributed by atoms with van der Waals surface area (Å²) in [6, 6.07) is 12.3. The van der Waals surface area contributed by atoms with E-state index < -0.39 is 10.0 Å². The van der Waals surface area contributed by atoms with Gasteiger partial charge in [-0.1, -0.05) is 0 Å². The lowest BCUT2D eigenvalue weighted by atomic mass is 10.0. The SMILES string of the molecule is O=C1CCc2cc(S(=O)(=O)Nc3ccc(N4CCCC4)cc3)ccc2N1. The highest BCUT2D eigenvalue weighted by Crippen LogP contribution is 2.27. The predicted molar refractivity (Wildman–Crippen MR) is 102 cm³/mol. The zero-order valence-corrected chi connectivity index (χ0v) is 15.2. The zero-order chi connectivity index (χ0) is 18.1. The lowest BCUT2D eigenvalue weighted by molar-refractivity contribution is -0.116. The van der Waals surface area contributed by atoms with Crippen molar-refractivity contribution in [3.8, 4) is 0 Å². The monoisotopic (exact) mass is 371 g/mol. The maximum absolute atomic E-state index is 12.7. The molecule has 2 aromatic rings. The fourth-order valence-corrected chi connectivity index (χ4v) is 4.57. The molecule has 1 saturated heterocycles. The van der Waals surface area contributed by atoms with Crippen molar-refractivity contribution in [3.05, 3.63) is 48.0 Å². The van der Waals surface area contributed by atoms with Gasteiger partial charge in [-0.2, -0.15) is 0 Å². The number of nitrogens with one attached hydrogen (secondary N) is 2. The number of hydrogen-bond donors (Lipinski definition) is 2. The molecule has 0 bridgehead atoms. The Morgan fingerprint density at radius 3 is 2.42 bits per heavy atom. The van der Waals surface area contributed by atoms with Gasteiger partial charge in [0.25, 0.3) is 10.0 Å². The number of amides is 1. The van der Waals surface area contributed by atoms with Crippen LogP contribution in [0.5, 0.6) is 0 Å². The number of hydrogen-bond acceptors (Lipinski definition) is 4. The fourth-order valence-electron chi connectivity index (χ4n) is 3.46. The Morgan fingerprint density at radius 2 is 1.69 bits per heavy atom. The molecular formula is C19H21N3O3S. The number of nitrogens with zero attached hydrogens (tertiary/aromatic N) is 1.